The largest absolute Gasteiger partial charge is 0.493 e. The van der Waals surface area contributed by atoms with E-state index in [1.165, 1.54) is 5.56 Å². The number of nitrogens with one attached hydrogen (secondary N) is 2. The molecule has 130 valence electrons. The van der Waals surface area contributed by atoms with Crippen molar-refractivity contribution in [3.05, 3.63) is 29.8 Å². The second-order valence-electron chi connectivity index (χ2n) is 7.63. The first-order chi connectivity index (χ1) is 11.6. The molecule has 1 aliphatic carbocycles. The van der Waals surface area contributed by atoms with Crippen molar-refractivity contribution in [2.75, 3.05) is 20.3 Å². The van der Waals surface area contributed by atoms with E-state index in [0.29, 0.717) is 18.1 Å². The number of guanidine groups is 1. The molecule has 0 amide bonds. The molecule has 0 radical (unpaired) electrons. The number of rotatable bonds is 2. The van der Waals surface area contributed by atoms with Crippen molar-refractivity contribution in [2.24, 2.45) is 16.3 Å². The Morgan fingerprint density at radius 2 is 2.00 bits per heavy atom. The summed E-state index contributed by atoms with van der Waals surface area (Å²) >= 11 is 0. The molecule has 0 aromatic heterocycles. The number of aliphatic imine (C=N–C) groups is 1. The zero-order chi connectivity index (χ0) is 16.7. The van der Waals surface area contributed by atoms with E-state index < -0.39 is 0 Å². The lowest BCUT2D eigenvalue weighted by atomic mass is 9.57. The third-order valence-corrected chi connectivity index (χ3v) is 5.89. The minimum atomic E-state index is 0.145. The fourth-order valence-electron chi connectivity index (χ4n) is 4.59. The van der Waals surface area contributed by atoms with Gasteiger partial charge in [0.05, 0.1) is 18.8 Å². The quantitative estimate of drug-likeness (QED) is 0.646. The van der Waals surface area contributed by atoms with E-state index in [0.717, 1.165) is 37.8 Å². The van der Waals surface area contributed by atoms with Crippen molar-refractivity contribution in [3.8, 4) is 5.75 Å². The van der Waals surface area contributed by atoms with Crippen LogP contribution in [0.2, 0.25) is 0 Å². The Labute approximate surface area is 143 Å². The summed E-state index contributed by atoms with van der Waals surface area (Å²) in [6.07, 6.45) is 2.47. The third kappa shape index (κ3) is 2.46. The Balaban J connectivity index is 1.46. The molecule has 2 fully saturated rings. The van der Waals surface area contributed by atoms with Gasteiger partial charge in [-0.15, -0.1) is 0 Å². The van der Waals surface area contributed by atoms with E-state index in [1.54, 1.807) is 0 Å². The van der Waals surface area contributed by atoms with E-state index in [9.17, 15) is 0 Å². The number of hydrogen-bond acceptors (Lipinski definition) is 3. The first kappa shape index (κ1) is 15.8. The van der Waals surface area contributed by atoms with Crippen LogP contribution in [0, 0.1) is 11.3 Å². The summed E-state index contributed by atoms with van der Waals surface area (Å²) < 4.78 is 11.6. The highest BCUT2D eigenvalue weighted by molar-refractivity contribution is 5.81. The first-order valence-electron chi connectivity index (χ1n) is 8.94. The van der Waals surface area contributed by atoms with E-state index in [1.807, 2.05) is 19.2 Å². The standard InChI is InChI=1S/C19H27N3O2/c1-19(2)16(13-8-10-24-17(13)19)22-18(20-3)21-14-9-11-23-15-7-5-4-6-12(14)15/h4-7,13-14,16-17H,8-11H2,1-3H3,(H2,20,21,22). The number of nitrogens with zero attached hydrogens (tertiary/aromatic N) is 1. The van der Waals surface area contributed by atoms with E-state index in [2.05, 4.69) is 41.6 Å². The predicted molar refractivity (Wildman–Crippen MR) is 94.3 cm³/mol. The first-order valence-corrected chi connectivity index (χ1v) is 8.94. The molecular weight excluding hydrogens is 302 g/mol. The molecule has 0 spiro atoms. The normalized spacial score (nSPS) is 33.7. The zero-order valence-corrected chi connectivity index (χ0v) is 14.7. The number of benzene rings is 1. The molecule has 2 heterocycles. The Hall–Kier alpha value is -1.75. The van der Waals surface area contributed by atoms with Crippen molar-refractivity contribution in [1.29, 1.82) is 0 Å². The molecule has 1 saturated carbocycles. The summed E-state index contributed by atoms with van der Waals surface area (Å²) in [7, 11) is 1.84. The molecule has 4 atom stereocenters. The molecule has 0 bridgehead atoms. The molecule has 4 unspecified atom stereocenters. The van der Waals surface area contributed by atoms with E-state index in [-0.39, 0.29) is 11.5 Å². The van der Waals surface area contributed by atoms with Crippen LogP contribution >= 0.6 is 0 Å². The van der Waals surface area contributed by atoms with E-state index >= 15 is 0 Å². The molecule has 5 nitrogen and oxygen atoms in total. The van der Waals surface area contributed by atoms with Crippen LogP contribution in [0.4, 0.5) is 0 Å². The molecule has 1 saturated heterocycles. The fourth-order valence-corrected chi connectivity index (χ4v) is 4.59. The molecule has 3 aliphatic rings. The van der Waals surface area contributed by atoms with Gasteiger partial charge in [0, 0.05) is 43.0 Å². The number of fused-ring (bicyclic) bond motifs is 2. The maximum Gasteiger partial charge on any atom is 0.191 e. The molecule has 5 heteroatoms. The smallest absolute Gasteiger partial charge is 0.191 e. The van der Waals surface area contributed by atoms with Gasteiger partial charge in [0.25, 0.3) is 0 Å². The second kappa shape index (κ2) is 5.96. The topological polar surface area (TPSA) is 54.9 Å². The number of hydrogen-bond donors (Lipinski definition) is 2. The van der Waals surface area contributed by atoms with Crippen LogP contribution in [0.5, 0.6) is 5.75 Å². The Morgan fingerprint density at radius 1 is 1.17 bits per heavy atom. The Bertz CT molecular complexity index is 643. The van der Waals surface area contributed by atoms with Gasteiger partial charge >= 0.3 is 0 Å². The lowest BCUT2D eigenvalue weighted by Gasteiger charge is -2.55. The van der Waals surface area contributed by atoms with E-state index in [4.69, 9.17) is 9.47 Å². The molecule has 2 N–H and O–H groups in total. The minimum absolute atomic E-state index is 0.145. The highest BCUT2D eigenvalue weighted by Gasteiger charge is 2.59. The maximum absolute atomic E-state index is 5.89. The maximum atomic E-state index is 5.89. The van der Waals surface area contributed by atoms with Gasteiger partial charge < -0.3 is 20.1 Å². The van der Waals surface area contributed by atoms with Gasteiger partial charge in [0.1, 0.15) is 5.75 Å². The molecule has 24 heavy (non-hydrogen) atoms. The van der Waals surface area contributed by atoms with Crippen LogP contribution in [0.1, 0.15) is 38.3 Å². The van der Waals surface area contributed by atoms with Crippen LogP contribution in [0.3, 0.4) is 0 Å². The second-order valence-corrected chi connectivity index (χ2v) is 7.63. The van der Waals surface area contributed by atoms with Crippen LogP contribution in [-0.4, -0.2) is 38.4 Å². The minimum Gasteiger partial charge on any atom is -0.493 e. The average Bonchev–Trinajstić information content (AvgIpc) is 3.05. The molecular formula is C19H27N3O2. The fraction of sp³-hybridized carbons (Fsp3) is 0.632. The van der Waals surface area contributed by atoms with Gasteiger partial charge in [-0.2, -0.15) is 0 Å². The van der Waals surface area contributed by atoms with Gasteiger partial charge in [-0.3, -0.25) is 4.99 Å². The van der Waals surface area contributed by atoms with Crippen LogP contribution in [0.15, 0.2) is 29.3 Å². The predicted octanol–water partition coefficient (Wildman–Crippen LogP) is 2.49. The van der Waals surface area contributed by atoms with Crippen LogP contribution in [-0.2, 0) is 4.74 Å². The van der Waals surface area contributed by atoms with Gasteiger partial charge in [0.2, 0.25) is 0 Å². The highest BCUT2D eigenvalue weighted by Crippen LogP contribution is 2.52. The van der Waals surface area contributed by atoms with Crippen molar-refractivity contribution >= 4 is 5.96 Å². The monoisotopic (exact) mass is 329 g/mol. The summed E-state index contributed by atoms with van der Waals surface area (Å²) in [5, 5.41) is 7.26. The lowest BCUT2D eigenvalue weighted by molar-refractivity contribution is -0.106. The van der Waals surface area contributed by atoms with Crippen LogP contribution in [0.25, 0.3) is 0 Å². The van der Waals surface area contributed by atoms with Gasteiger partial charge in [-0.25, -0.2) is 0 Å². The molecule has 2 aliphatic heterocycles. The lowest BCUT2D eigenvalue weighted by Crippen LogP contribution is -2.68. The Morgan fingerprint density at radius 3 is 2.83 bits per heavy atom. The van der Waals surface area contributed by atoms with Gasteiger partial charge in [0.15, 0.2) is 5.96 Å². The third-order valence-electron chi connectivity index (χ3n) is 5.89. The van der Waals surface area contributed by atoms with Crippen LogP contribution < -0.4 is 15.4 Å². The van der Waals surface area contributed by atoms with Crippen molar-refractivity contribution in [1.82, 2.24) is 10.6 Å². The average molecular weight is 329 g/mol. The molecule has 1 aromatic rings. The van der Waals surface area contributed by atoms with Crippen molar-refractivity contribution in [2.45, 2.75) is 44.9 Å². The molecule has 1 aromatic carbocycles. The summed E-state index contributed by atoms with van der Waals surface area (Å²) in [5.74, 6) is 2.45. The zero-order valence-electron chi connectivity index (χ0n) is 14.7. The highest BCUT2D eigenvalue weighted by atomic mass is 16.5. The molecule has 4 rings (SSSR count). The van der Waals surface area contributed by atoms with Crippen molar-refractivity contribution in [3.63, 3.8) is 0 Å². The van der Waals surface area contributed by atoms with Gasteiger partial charge in [-0.1, -0.05) is 32.0 Å². The number of ether oxygens (including phenoxy) is 2. The summed E-state index contributed by atoms with van der Waals surface area (Å²) in [6.45, 7) is 6.19. The van der Waals surface area contributed by atoms with Gasteiger partial charge in [-0.05, 0) is 12.5 Å². The summed E-state index contributed by atoms with van der Waals surface area (Å²) in [6, 6.07) is 8.90. The van der Waals surface area contributed by atoms with Crippen molar-refractivity contribution < 1.29 is 9.47 Å². The SMILES string of the molecule is CN=C(NC1CCOc2ccccc21)NC1C2CCOC2C1(C)C. The Kier molecular flexibility index (Phi) is 3.91. The summed E-state index contributed by atoms with van der Waals surface area (Å²) in [5.41, 5.74) is 1.36. The number of para-hydroxylation sites is 1. The summed E-state index contributed by atoms with van der Waals surface area (Å²) in [4.78, 5) is 4.47.